The molecule has 1 aromatic rings. The summed E-state index contributed by atoms with van der Waals surface area (Å²) in [6.07, 6.45) is 0. The summed E-state index contributed by atoms with van der Waals surface area (Å²) >= 11 is 1.63. The fraction of sp³-hybridized carbons (Fsp3) is 0.444. The molecule has 4 heteroatoms. The van der Waals surface area contributed by atoms with Gasteiger partial charge >= 0.3 is 5.97 Å². The van der Waals surface area contributed by atoms with E-state index in [1.54, 1.807) is 18.4 Å². The lowest BCUT2D eigenvalue weighted by molar-refractivity contribution is -0.139. The zero-order chi connectivity index (χ0) is 10.0. The first-order chi connectivity index (χ1) is 6.06. The van der Waals surface area contributed by atoms with Gasteiger partial charge in [-0.1, -0.05) is 0 Å². The van der Waals surface area contributed by atoms with E-state index in [1.807, 2.05) is 19.9 Å². The fourth-order valence-electron chi connectivity index (χ4n) is 1.35. The summed E-state index contributed by atoms with van der Waals surface area (Å²) in [7, 11) is 1.66. The summed E-state index contributed by atoms with van der Waals surface area (Å²) in [5.41, 5.74) is 0.873. The van der Waals surface area contributed by atoms with Crippen LogP contribution in [0.3, 0.4) is 0 Å². The Hall–Kier alpha value is -0.870. The number of nitrogens with one attached hydrogen (secondary N) is 1. The first-order valence-electron chi connectivity index (χ1n) is 4.03. The van der Waals surface area contributed by atoms with Crippen molar-refractivity contribution in [2.24, 2.45) is 0 Å². The number of carboxylic acid groups (broad SMARTS) is 1. The van der Waals surface area contributed by atoms with Gasteiger partial charge in [-0.05, 0) is 32.5 Å². The van der Waals surface area contributed by atoms with Gasteiger partial charge in [-0.2, -0.15) is 0 Å². The van der Waals surface area contributed by atoms with Gasteiger partial charge in [0.25, 0.3) is 0 Å². The van der Waals surface area contributed by atoms with E-state index >= 15 is 0 Å². The highest BCUT2D eigenvalue weighted by Crippen LogP contribution is 2.26. The minimum Gasteiger partial charge on any atom is -0.480 e. The zero-order valence-corrected chi connectivity index (χ0v) is 8.73. The molecule has 0 amide bonds. The van der Waals surface area contributed by atoms with E-state index in [0.29, 0.717) is 0 Å². The van der Waals surface area contributed by atoms with Gasteiger partial charge in [-0.25, -0.2) is 0 Å². The summed E-state index contributed by atoms with van der Waals surface area (Å²) in [4.78, 5) is 13.1. The van der Waals surface area contributed by atoms with Crippen LogP contribution in [-0.4, -0.2) is 18.1 Å². The van der Waals surface area contributed by atoms with Gasteiger partial charge in [0.2, 0.25) is 0 Å². The van der Waals surface area contributed by atoms with Crippen LogP contribution in [0.4, 0.5) is 0 Å². The quantitative estimate of drug-likeness (QED) is 0.779. The Kier molecular flexibility index (Phi) is 3.06. The van der Waals surface area contributed by atoms with Crippen LogP contribution < -0.4 is 5.32 Å². The van der Waals surface area contributed by atoms with Gasteiger partial charge in [0.15, 0.2) is 0 Å². The number of hydrogen-bond donors (Lipinski definition) is 2. The van der Waals surface area contributed by atoms with E-state index in [0.717, 1.165) is 15.3 Å². The minimum absolute atomic E-state index is 0.579. The van der Waals surface area contributed by atoms with Crippen LogP contribution in [0.2, 0.25) is 0 Å². The van der Waals surface area contributed by atoms with E-state index in [9.17, 15) is 4.79 Å². The number of carbonyl (C=O) groups is 1. The van der Waals surface area contributed by atoms with Crippen molar-refractivity contribution in [1.29, 1.82) is 0 Å². The minimum atomic E-state index is -0.830. The average molecular weight is 199 g/mol. The van der Waals surface area contributed by atoms with Crippen molar-refractivity contribution >= 4 is 17.3 Å². The van der Waals surface area contributed by atoms with Crippen molar-refractivity contribution in [3.8, 4) is 0 Å². The van der Waals surface area contributed by atoms with E-state index < -0.39 is 12.0 Å². The van der Waals surface area contributed by atoms with Crippen LogP contribution in [0, 0.1) is 13.8 Å². The van der Waals surface area contributed by atoms with E-state index in [2.05, 4.69) is 5.32 Å². The molecule has 13 heavy (non-hydrogen) atoms. The van der Waals surface area contributed by atoms with Gasteiger partial charge in [-0.15, -0.1) is 11.3 Å². The Morgan fingerprint density at radius 1 is 1.62 bits per heavy atom. The number of aliphatic carboxylic acids is 1. The predicted octanol–water partition coefficient (Wildman–Crippen LogP) is 1.71. The van der Waals surface area contributed by atoms with Crippen molar-refractivity contribution in [2.75, 3.05) is 7.05 Å². The lowest BCUT2D eigenvalue weighted by Gasteiger charge is -2.09. The first kappa shape index (κ1) is 10.2. The van der Waals surface area contributed by atoms with Crippen molar-refractivity contribution < 1.29 is 9.90 Å². The third-order valence-electron chi connectivity index (χ3n) is 1.93. The molecule has 1 rings (SSSR count). The monoisotopic (exact) mass is 199 g/mol. The van der Waals surface area contributed by atoms with Crippen LogP contribution in [0.25, 0.3) is 0 Å². The van der Waals surface area contributed by atoms with E-state index in [-0.39, 0.29) is 0 Å². The highest BCUT2D eigenvalue weighted by Gasteiger charge is 2.20. The van der Waals surface area contributed by atoms with Gasteiger partial charge in [0.1, 0.15) is 6.04 Å². The van der Waals surface area contributed by atoms with Crippen molar-refractivity contribution in [3.63, 3.8) is 0 Å². The number of thiophene rings is 1. The van der Waals surface area contributed by atoms with Crippen molar-refractivity contribution in [2.45, 2.75) is 19.9 Å². The second-order valence-electron chi connectivity index (χ2n) is 2.93. The Balaban J connectivity index is 3.04. The van der Waals surface area contributed by atoms with Crippen LogP contribution in [0.5, 0.6) is 0 Å². The largest absolute Gasteiger partial charge is 0.480 e. The zero-order valence-electron chi connectivity index (χ0n) is 7.92. The van der Waals surface area contributed by atoms with Gasteiger partial charge in [-0.3, -0.25) is 4.79 Å². The third-order valence-corrected chi connectivity index (χ3v) is 2.91. The molecule has 1 heterocycles. The Labute approximate surface area is 81.4 Å². The Morgan fingerprint density at radius 3 is 2.54 bits per heavy atom. The molecule has 1 unspecified atom stereocenters. The topological polar surface area (TPSA) is 49.3 Å². The smallest absolute Gasteiger partial charge is 0.325 e. The predicted molar refractivity (Wildman–Crippen MR) is 53.2 cm³/mol. The molecule has 0 aromatic carbocycles. The molecule has 3 nitrogen and oxygen atoms in total. The second kappa shape index (κ2) is 3.89. The molecule has 0 saturated carbocycles. The van der Waals surface area contributed by atoms with Crippen molar-refractivity contribution in [1.82, 2.24) is 5.32 Å². The summed E-state index contributed by atoms with van der Waals surface area (Å²) in [6.45, 7) is 3.93. The van der Waals surface area contributed by atoms with Crippen molar-refractivity contribution in [3.05, 3.63) is 21.4 Å². The SMILES string of the molecule is CNC(C(=O)O)c1cc(C)sc1C. The molecule has 0 aliphatic carbocycles. The lowest BCUT2D eigenvalue weighted by atomic mass is 10.1. The maximum Gasteiger partial charge on any atom is 0.325 e. The molecule has 0 spiro atoms. The fourth-order valence-corrected chi connectivity index (χ4v) is 2.31. The number of likely N-dealkylation sites (N-methyl/N-ethyl adjacent to an activating group) is 1. The summed E-state index contributed by atoms with van der Waals surface area (Å²) in [6, 6.07) is 1.35. The maximum atomic E-state index is 10.8. The highest BCUT2D eigenvalue weighted by atomic mass is 32.1. The molecule has 2 N–H and O–H groups in total. The highest BCUT2D eigenvalue weighted by molar-refractivity contribution is 7.12. The van der Waals surface area contributed by atoms with Gasteiger partial charge in [0, 0.05) is 9.75 Å². The Bertz CT molecular complexity index is 319. The second-order valence-corrected chi connectivity index (χ2v) is 4.39. The summed E-state index contributed by atoms with van der Waals surface area (Å²) < 4.78 is 0. The van der Waals surface area contributed by atoms with Crippen LogP contribution in [0.1, 0.15) is 21.4 Å². The molecule has 0 aliphatic rings. The lowest BCUT2D eigenvalue weighted by Crippen LogP contribution is -2.24. The molecule has 72 valence electrons. The van der Waals surface area contributed by atoms with E-state index in [1.165, 1.54) is 0 Å². The van der Waals surface area contributed by atoms with Gasteiger partial charge < -0.3 is 10.4 Å². The number of aryl methyl sites for hydroxylation is 2. The average Bonchev–Trinajstić information content (AvgIpc) is 2.31. The van der Waals surface area contributed by atoms with E-state index in [4.69, 9.17) is 5.11 Å². The standard InChI is InChI=1S/C9H13NO2S/c1-5-4-7(6(2)13-5)8(10-3)9(11)12/h4,8,10H,1-3H3,(H,11,12). The Morgan fingerprint density at radius 2 is 2.23 bits per heavy atom. The summed E-state index contributed by atoms with van der Waals surface area (Å²) in [5.74, 6) is -0.830. The third kappa shape index (κ3) is 2.08. The molecule has 0 fully saturated rings. The molecular weight excluding hydrogens is 186 g/mol. The molecule has 1 atom stereocenters. The number of rotatable bonds is 3. The maximum absolute atomic E-state index is 10.8. The molecule has 0 radical (unpaired) electrons. The molecule has 1 aromatic heterocycles. The van der Waals surface area contributed by atoms with Crippen LogP contribution >= 0.6 is 11.3 Å². The normalized spacial score (nSPS) is 12.8. The van der Waals surface area contributed by atoms with Crippen LogP contribution in [-0.2, 0) is 4.79 Å². The number of carboxylic acids is 1. The summed E-state index contributed by atoms with van der Waals surface area (Å²) in [5, 5.41) is 11.7. The van der Waals surface area contributed by atoms with Gasteiger partial charge in [0.05, 0.1) is 0 Å². The molecule has 0 bridgehead atoms. The molecular formula is C9H13NO2S. The molecule has 0 aliphatic heterocycles. The number of hydrogen-bond acceptors (Lipinski definition) is 3. The van der Waals surface area contributed by atoms with Crippen LogP contribution in [0.15, 0.2) is 6.07 Å². The first-order valence-corrected chi connectivity index (χ1v) is 4.85. The molecule has 0 saturated heterocycles.